The predicted octanol–water partition coefficient (Wildman–Crippen LogP) is -0.543. The van der Waals surface area contributed by atoms with Crippen molar-refractivity contribution >= 4 is 0 Å². The van der Waals surface area contributed by atoms with E-state index in [1.807, 2.05) is 18.3 Å². The first-order valence-corrected chi connectivity index (χ1v) is 3.95. The number of rotatable bonds is 5. The summed E-state index contributed by atoms with van der Waals surface area (Å²) in [5.41, 5.74) is 1.07. The minimum atomic E-state index is -0.667. The molecule has 0 aliphatic carbocycles. The molecule has 1 atom stereocenters. The first kappa shape index (κ1) is 9.25. The Hall–Kier alpha value is -0.840. The van der Waals surface area contributed by atoms with Crippen LogP contribution in [0.4, 0.5) is 0 Å². The van der Waals surface area contributed by atoms with Crippen molar-refractivity contribution in [3.05, 3.63) is 24.0 Å². The first-order valence-electron chi connectivity index (χ1n) is 3.95. The van der Waals surface area contributed by atoms with E-state index in [4.69, 9.17) is 10.2 Å². The number of H-pyrrole nitrogens is 1. The molecule has 0 aliphatic heterocycles. The van der Waals surface area contributed by atoms with Gasteiger partial charge in [0.15, 0.2) is 0 Å². The highest BCUT2D eigenvalue weighted by atomic mass is 16.3. The maximum absolute atomic E-state index is 8.96. The van der Waals surface area contributed by atoms with Crippen molar-refractivity contribution in [1.29, 1.82) is 0 Å². The third-order valence-corrected chi connectivity index (χ3v) is 1.57. The summed E-state index contributed by atoms with van der Waals surface area (Å²) in [5.74, 6) is 0. The molecule has 4 N–H and O–H groups in total. The Balaban J connectivity index is 2.11. The average Bonchev–Trinajstić information content (AvgIpc) is 2.57. The van der Waals surface area contributed by atoms with Crippen LogP contribution in [-0.4, -0.2) is 34.5 Å². The van der Waals surface area contributed by atoms with Crippen molar-refractivity contribution in [2.45, 2.75) is 12.6 Å². The van der Waals surface area contributed by atoms with E-state index in [0.29, 0.717) is 13.1 Å². The van der Waals surface area contributed by atoms with Crippen LogP contribution in [0.25, 0.3) is 0 Å². The standard InChI is InChI=1S/C8H14N2O2/c11-6-8(12)5-9-4-7-2-1-3-10-7/h1-3,8-12H,4-6H2/t8-/m1/s1. The van der Waals surface area contributed by atoms with Gasteiger partial charge in [0, 0.05) is 25.0 Å². The summed E-state index contributed by atoms with van der Waals surface area (Å²) in [6.07, 6.45) is 1.18. The molecule has 68 valence electrons. The third-order valence-electron chi connectivity index (χ3n) is 1.57. The van der Waals surface area contributed by atoms with E-state index in [9.17, 15) is 0 Å². The summed E-state index contributed by atoms with van der Waals surface area (Å²) in [7, 11) is 0. The van der Waals surface area contributed by atoms with E-state index in [-0.39, 0.29) is 6.61 Å². The van der Waals surface area contributed by atoms with Gasteiger partial charge in [-0.1, -0.05) is 0 Å². The summed E-state index contributed by atoms with van der Waals surface area (Å²) in [6.45, 7) is 0.900. The molecule has 1 aromatic heterocycles. The minimum Gasteiger partial charge on any atom is -0.394 e. The summed E-state index contributed by atoms with van der Waals surface area (Å²) >= 11 is 0. The highest BCUT2D eigenvalue weighted by Crippen LogP contribution is 1.92. The van der Waals surface area contributed by atoms with Gasteiger partial charge in [-0.25, -0.2) is 0 Å². The maximum Gasteiger partial charge on any atom is 0.0895 e. The maximum atomic E-state index is 8.96. The number of hydrogen-bond donors (Lipinski definition) is 4. The van der Waals surface area contributed by atoms with Gasteiger partial charge >= 0.3 is 0 Å². The van der Waals surface area contributed by atoms with Crippen LogP contribution in [0.2, 0.25) is 0 Å². The van der Waals surface area contributed by atoms with Crippen molar-refractivity contribution in [3.63, 3.8) is 0 Å². The summed E-state index contributed by atoms with van der Waals surface area (Å²) < 4.78 is 0. The lowest BCUT2D eigenvalue weighted by Gasteiger charge is -2.07. The Kier molecular flexibility index (Phi) is 3.79. The fourth-order valence-electron chi connectivity index (χ4n) is 0.915. The molecule has 1 rings (SSSR count). The molecule has 0 saturated heterocycles. The molecule has 1 heterocycles. The SMILES string of the molecule is OC[C@H](O)CNCc1ccc[nH]1. The molecule has 4 nitrogen and oxygen atoms in total. The average molecular weight is 170 g/mol. The molecule has 0 unspecified atom stereocenters. The second kappa shape index (κ2) is 4.92. The van der Waals surface area contributed by atoms with Crippen LogP contribution in [-0.2, 0) is 6.54 Å². The number of aliphatic hydroxyl groups excluding tert-OH is 2. The molecule has 4 heteroatoms. The molecule has 0 amide bonds. The second-order valence-electron chi connectivity index (χ2n) is 2.66. The Morgan fingerprint density at radius 3 is 3.00 bits per heavy atom. The second-order valence-corrected chi connectivity index (χ2v) is 2.66. The van der Waals surface area contributed by atoms with E-state index in [2.05, 4.69) is 10.3 Å². The van der Waals surface area contributed by atoms with Crippen LogP contribution in [0.1, 0.15) is 5.69 Å². The van der Waals surface area contributed by atoms with Gasteiger partial charge in [-0.15, -0.1) is 0 Å². The highest BCUT2D eigenvalue weighted by Gasteiger charge is 1.99. The number of aliphatic hydroxyl groups is 2. The molecule has 0 radical (unpaired) electrons. The highest BCUT2D eigenvalue weighted by molar-refractivity contribution is 5.02. The molecular formula is C8H14N2O2. The first-order chi connectivity index (χ1) is 5.83. The van der Waals surface area contributed by atoms with E-state index in [0.717, 1.165) is 5.69 Å². The van der Waals surface area contributed by atoms with Crippen molar-refractivity contribution in [1.82, 2.24) is 10.3 Å². The van der Waals surface area contributed by atoms with Gasteiger partial charge < -0.3 is 20.5 Å². The van der Waals surface area contributed by atoms with Gasteiger partial charge in [-0.05, 0) is 12.1 Å². The van der Waals surface area contributed by atoms with Crippen molar-refractivity contribution in [3.8, 4) is 0 Å². The zero-order chi connectivity index (χ0) is 8.81. The summed E-state index contributed by atoms with van der Waals surface area (Å²) in [5, 5.41) is 20.5. The Bertz CT molecular complexity index is 199. The quantitative estimate of drug-likeness (QED) is 0.479. The largest absolute Gasteiger partial charge is 0.394 e. The van der Waals surface area contributed by atoms with E-state index in [1.54, 1.807) is 0 Å². The lowest BCUT2D eigenvalue weighted by molar-refractivity contribution is 0.0941. The summed E-state index contributed by atoms with van der Waals surface area (Å²) in [6, 6.07) is 3.87. The van der Waals surface area contributed by atoms with Gasteiger partial charge in [0.05, 0.1) is 12.7 Å². The monoisotopic (exact) mass is 170 g/mol. The Morgan fingerprint density at radius 2 is 2.42 bits per heavy atom. The molecular weight excluding hydrogens is 156 g/mol. The molecule has 12 heavy (non-hydrogen) atoms. The lowest BCUT2D eigenvalue weighted by Crippen LogP contribution is -2.28. The summed E-state index contributed by atoms with van der Waals surface area (Å²) in [4.78, 5) is 3.02. The van der Waals surface area contributed by atoms with Crippen molar-refractivity contribution in [2.75, 3.05) is 13.2 Å². The van der Waals surface area contributed by atoms with Gasteiger partial charge in [-0.3, -0.25) is 0 Å². The zero-order valence-corrected chi connectivity index (χ0v) is 6.83. The van der Waals surface area contributed by atoms with Gasteiger partial charge in [0.1, 0.15) is 0 Å². The molecule has 0 aliphatic rings. The van der Waals surface area contributed by atoms with E-state index in [1.165, 1.54) is 0 Å². The molecule has 0 aromatic carbocycles. The predicted molar refractivity (Wildman–Crippen MR) is 45.6 cm³/mol. The normalized spacial score (nSPS) is 13.2. The van der Waals surface area contributed by atoms with Gasteiger partial charge in [0.2, 0.25) is 0 Å². The molecule has 0 spiro atoms. The van der Waals surface area contributed by atoms with Crippen molar-refractivity contribution < 1.29 is 10.2 Å². The number of hydrogen-bond acceptors (Lipinski definition) is 3. The molecule has 0 bridgehead atoms. The fraction of sp³-hybridized carbons (Fsp3) is 0.500. The number of aromatic amines is 1. The zero-order valence-electron chi connectivity index (χ0n) is 6.83. The third kappa shape index (κ3) is 3.04. The van der Waals surface area contributed by atoms with E-state index < -0.39 is 6.10 Å². The number of aromatic nitrogens is 1. The van der Waals surface area contributed by atoms with Gasteiger partial charge in [-0.2, -0.15) is 0 Å². The topological polar surface area (TPSA) is 68.3 Å². The molecule has 1 aromatic rings. The lowest BCUT2D eigenvalue weighted by atomic mass is 10.3. The Labute approximate surface area is 71.2 Å². The van der Waals surface area contributed by atoms with Crippen LogP contribution in [0.15, 0.2) is 18.3 Å². The van der Waals surface area contributed by atoms with Crippen molar-refractivity contribution in [2.24, 2.45) is 0 Å². The van der Waals surface area contributed by atoms with Crippen LogP contribution < -0.4 is 5.32 Å². The fourth-order valence-corrected chi connectivity index (χ4v) is 0.915. The molecule has 0 fully saturated rings. The Morgan fingerprint density at radius 1 is 1.58 bits per heavy atom. The van der Waals surface area contributed by atoms with Gasteiger partial charge in [0.25, 0.3) is 0 Å². The van der Waals surface area contributed by atoms with E-state index >= 15 is 0 Å². The minimum absolute atomic E-state index is 0.197. The molecule has 0 saturated carbocycles. The van der Waals surface area contributed by atoms with Crippen LogP contribution >= 0.6 is 0 Å². The van der Waals surface area contributed by atoms with Crippen LogP contribution in [0.3, 0.4) is 0 Å². The van der Waals surface area contributed by atoms with Crippen LogP contribution in [0.5, 0.6) is 0 Å². The smallest absolute Gasteiger partial charge is 0.0895 e. The number of nitrogens with one attached hydrogen (secondary N) is 2. The van der Waals surface area contributed by atoms with Crippen LogP contribution in [0, 0.1) is 0 Å².